The summed E-state index contributed by atoms with van der Waals surface area (Å²) in [6, 6.07) is 8.32. The Balaban J connectivity index is 1.88. The van der Waals surface area contributed by atoms with Crippen molar-refractivity contribution < 1.29 is 4.39 Å². The first-order chi connectivity index (χ1) is 11.0. The van der Waals surface area contributed by atoms with Gasteiger partial charge in [0.1, 0.15) is 5.82 Å². The summed E-state index contributed by atoms with van der Waals surface area (Å²) in [6.07, 6.45) is 2.26. The van der Waals surface area contributed by atoms with Crippen molar-refractivity contribution in [2.45, 2.75) is 20.3 Å². The van der Waals surface area contributed by atoms with Crippen LogP contribution >= 0.6 is 12.2 Å². The summed E-state index contributed by atoms with van der Waals surface area (Å²) in [7, 11) is 0. The molecule has 0 unspecified atom stereocenters. The van der Waals surface area contributed by atoms with Crippen molar-refractivity contribution in [3.05, 3.63) is 69.3 Å². The highest BCUT2D eigenvalue weighted by atomic mass is 32.1. The van der Waals surface area contributed by atoms with Gasteiger partial charge < -0.3 is 4.98 Å². The highest BCUT2D eigenvalue weighted by Crippen LogP contribution is 2.10. The van der Waals surface area contributed by atoms with Gasteiger partial charge in [0.15, 0.2) is 5.82 Å². The fourth-order valence-electron chi connectivity index (χ4n) is 2.34. The molecule has 0 aliphatic rings. The third kappa shape index (κ3) is 3.45. The maximum absolute atomic E-state index is 13.0. The average molecular weight is 329 g/mol. The number of aromatic nitrogens is 4. The van der Waals surface area contributed by atoms with Crippen LogP contribution < -0.4 is 0 Å². The summed E-state index contributed by atoms with van der Waals surface area (Å²) in [6.45, 7) is 3.98. The lowest BCUT2D eigenvalue weighted by atomic mass is 10.1. The first-order valence-corrected chi connectivity index (χ1v) is 7.55. The van der Waals surface area contributed by atoms with Crippen LogP contribution in [0.3, 0.4) is 0 Å². The number of aryl methyl sites for hydroxylation is 2. The molecule has 1 aromatic carbocycles. The van der Waals surface area contributed by atoms with Gasteiger partial charge in [0, 0.05) is 23.4 Å². The second-order valence-corrected chi connectivity index (χ2v) is 5.72. The van der Waals surface area contributed by atoms with Crippen molar-refractivity contribution in [1.29, 1.82) is 0 Å². The third-order valence-corrected chi connectivity index (χ3v) is 3.76. The van der Waals surface area contributed by atoms with Crippen molar-refractivity contribution in [3.63, 3.8) is 0 Å². The highest BCUT2D eigenvalue weighted by Gasteiger charge is 2.07. The second-order valence-electron chi connectivity index (χ2n) is 5.34. The standard InChI is InChI=1S/C16H16FN5S/c1-10-7-13(11(2)19-10)9-18-22-15(20-21-16(22)23)8-12-3-5-14(17)6-4-12/h3-7,9,19H,8H2,1-2H3,(H,21,23)/b18-9+. The monoisotopic (exact) mass is 329 g/mol. The summed E-state index contributed by atoms with van der Waals surface area (Å²) in [5, 5.41) is 11.4. The number of benzene rings is 1. The van der Waals surface area contributed by atoms with Crippen LogP contribution in [-0.2, 0) is 6.42 Å². The second kappa shape index (κ2) is 6.29. The molecule has 0 fully saturated rings. The van der Waals surface area contributed by atoms with E-state index >= 15 is 0 Å². The number of aromatic amines is 2. The smallest absolute Gasteiger partial charge is 0.216 e. The van der Waals surface area contributed by atoms with Gasteiger partial charge in [-0.3, -0.25) is 5.10 Å². The molecule has 3 aromatic rings. The van der Waals surface area contributed by atoms with E-state index in [0.717, 1.165) is 22.5 Å². The highest BCUT2D eigenvalue weighted by molar-refractivity contribution is 7.71. The number of nitrogens with one attached hydrogen (secondary N) is 2. The largest absolute Gasteiger partial charge is 0.362 e. The Hall–Kier alpha value is -2.54. The molecular weight excluding hydrogens is 313 g/mol. The van der Waals surface area contributed by atoms with Crippen LogP contribution in [-0.4, -0.2) is 26.1 Å². The zero-order chi connectivity index (χ0) is 16.4. The Labute approximate surface area is 137 Å². The van der Waals surface area contributed by atoms with Crippen LogP contribution in [0.15, 0.2) is 35.4 Å². The quantitative estimate of drug-likeness (QED) is 0.568. The van der Waals surface area contributed by atoms with Crippen LogP contribution in [0.5, 0.6) is 0 Å². The molecule has 3 rings (SSSR count). The predicted molar refractivity (Wildman–Crippen MR) is 89.9 cm³/mol. The van der Waals surface area contributed by atoms with Gasteiger partial charge in [-0.2, -0.15) is 14.9 Å². The summed E-state index contributed by atoms with van der Waals surface area (Å²) in [4.78, 5) is 3.23. The number of hydrogen-bond acceptors (Lipinski definition) is 3. The minimum absolute atomic E-state index is 0.260. The third-order valence-electron chi connectivity index (χ3n) is 3.49. The molecule has 5 nitrogen and oxygen atoms in total. The minimum atomic E-state index is -0.260. The molecule has 0 aliphatic heterocycles. The number of H-pyrrole nitrogens is 2. The Morgan fingerprint density at radius 1 is 1.30 bits per heavy atom. The van der Waals surface area contributed by atoms with Gasteiger partial charge in [0.2, 0.25) is 4.77 Å². The Morgan fingerprint density at radius 3 is 2.70 bits per heavy atom. The lowest BCUT2D eigenvalue weighted by Crippen LogP contribution is -2.00. The molecule has 23 heavy (non-hydrogen) atoms. The van der Waals surface area contributed by atoms with Gasteiger partial charge in [-0.1, -0.05) is 12.1 Å². The van der Waals surface area contributed by atoms with Gasteiger partial charge in [0.05, 0.1) is 6.21 Å². The fourth-order valence-corrected chi connectivity index (χ4v) is 2.54. The maximum atomic E-state index is 13.0. The minimum Gasteiger partial charge on any atom is -0.362 e. The fraction of sp³-hybridized carbons (Fsp3) is 0.188. The SMILES string of the molecule is Cc1cc(/C=N/n2c(Cc3ccc(F)cc3)n[nH]c2=S)c(C)[nH]1. The Morgan fingerprint density at radius 2 is 2.04 bits per heavy atom. The first kappa shape index (κ1) is 15.4. The molecule has 0 spiro atoms. The van der Waals surface area contributed by atoms with Crippen LogP contribution in [0.2, 0.25) is 0 Å². The predicted octanol–water partition coefficient (Wildman–Crippen LogP) is 3.50. The molecular formula is C16H16FN5S. The number of nitrogens with zero attached hydrogens (tertiary/aromatic N) is 3. The molecule has 7 heteroatoms. The van der Waals surface area contributed by atoms with Crippen LogP contribution in [0.1, 0.15) is 28.3 Å². The van der Waals surface area contributed by atoms with E-state index in [1.54, 1.807) is 23.0 Å². The Kier molecular flexibility index (Phi) is 4.20. The van der Waals surface area contributed by atoms with Gasteiger partial charge in [-0.25, -0.2) is 4.39 Å². The zero-order valence-electron chi connectivity index (χ0n) is 12.8. The molecule has 0 aliphatic carbocycles. The van der Waals surface area contributed by atoms with Gasteiger partial charge in [-0.15, -0.1) is 0 Å². The molecule has 0 saturated carbocycles. The van der Waals surface area contributed by atoms with Gasteiger partial charge in [-0.05, 0) is 49.8 Å². The number of hydrogen-bond donors (Lipinski definition) is 2. The van der Waals surface area contributed by atoms with Gasteiger partial charge in [0.25, 0.3) is 0 Å². The topological polar surface area (TPSA) is 61.8 Å². The summed E-state index contributed by atoms with van der Waals surface area (Å²) in [5.74, 6) is 0.409. The Bertz CT molecular complexity index is 901. The van der Waals surface area contributed by atoms with Gasteiger partial charge >= 0.3 is 0 Å². The van der Waals surface area contributed by atoms with Crippen molar-refractivity contribution in [1.82, 2.24) is 19.9 Å². The van der Waals surface area contributed by atoms with Crippen LogP contribution in [0, 0.1) is 24.4 Å². The van der Waals surface area contributed by atoms with E-state index in [-0.39, 0.29) is 5.82 Å². The summed E-state index contributed by atoms with van der Waals surface area (Å²) < 4.78 is 15.0. The van der Waals surface area contributed by atoms with E-state index in [4.69, 9.17) is 12.2 Å². The lowest BCUT2D eigenvalue weighted by Gasteiger charge is -2.01. The van der Waals surface area contributed by atoms with E-state index in [0.29, 0.717) is 17.0 Å². The lowest BCUT2D eigenvalue weighted by molar-refractivity contribution is 0.627. The van der Waals surface area contributed by atoms with E-state index < -0.39 is 0 Å². The molecule has 0 atom stereocenters. The van der Waals surface area contributed by atoms with Crippen molar-refractivity contribution in [2.75, 3.05) is 0 Å². The average Bonchev–Trinajstić information content (AvgIpc) is 3.02. The maximum Gasteiger partial charge on any atom is 0.216 e. The summed E-state index contributed by atoms with van der Waals surface area (Å²) in [5.41, 5.74) is 4.05. The van der Waals surface area contributed by atoms with Crippen molar-refractivity contribution in [2.24, 2.45) is 5.10 Å². The van der Waals surface area contributed by atoms with E-state index in [1.807, 2.05) is 19.9 Å². The summed E-state index contributed by atoms with van der Waals surface area (Å²) >= 11 is 5.23. The first-order valence-electron chi connectivity index (χ1n) is 7.14. The normalized spacial score (nSPS) is 11.4. The number of rotatable bonds is 4. The van der Waals surface area contributed by atoms with Crippen molar-refractivity contribution >= 4 is 18.4 Å². The van der Waals surface area contributed by atoms with E-state index in [9.17, 15) is 4.39 Å². The molecule has 2 heterocycles. The van der Waals surface area contributed by atoms with Crippen molar-refractivity contribution in [3.8, 4) is 0 Å². The molecule has 2 N–H and O–H groups in total. The molecule has 0 radical (unpaired) electrons. The molecule has 2 aromatic heterocycles. The van der Waals surface area contributed by atoms with E-state index in [2.05, 4.69) is 20.3 Å². The van der Waals surface area contributed by atoms with Crippen LogP contribution in [0.25, 0.3) is 0 Å². The molecule has 0 bridgehead atoms. The molecule has 0 amide bonds. The molecule has 0 saturated heterocycles. The number of halogens is 1. The van der Waals surface area contributed by atoms with Crippen LogP contribution in [0.4, 0.5) is 4.39 Å². The zero-order valence-corrected chi connectivity index (χ0v) is 13.6. The van der Waals surface area contributed by atoms with E-state index in [1.165, 1.54) is 12.1 Å². The molecule has 118 valence electrons.